The molecule has 36 heavy (non-hydrogen) atoms. The molecule has 3 heterocycles. The summed E-state index contributed by atoms with van der Waals surface area (Å²) in [7, 11) is 0. The standard InChI is InChI=1S/C27H27N7O2/c1-20-24(19-30-34(20)23-6-3-2-4-7-23)26(36)31-22-10-8-21(9-11-22)18-25(35)32-14-16-33(17-15-32)27-28-12-5-13-29-27/h2-13,19H,14-18H2,1H3,(H,31,36). The van der Waals surface area contributed by atoms with Gasteiger partial charge in [0.1, 0.15) is 0 Å². The van der Waals surface area contributed by atoms with Crippen molar-refractivity contribution in [3.8, 4) is 5.69 Å². The van der Waals surface area contributed by atoms with Crippen molar-refractivity contribution in [1.29, 1.82) is 0 Å². The maximum absolute atomic E-state index is 12.8. The lowest BCUT2D eigenvalue weighted by molar-refractivity contribution is -0.130. The van der Waals surface area contributed by atoms with Crippen molar-refractivity contribution in [2.24, 2.45) is 0 Å². The number of benzene rings is 2. The van der Waals surface area contributed by atoms with Crippen LogP contribution in [-0.2, 0) is 11.2 Å². The van der Waals surface area contributed by atoms with Crippen LogP contribution in [0.3, 0.4) is 0 Å². The number of nitrogens with one attached hydrogen (secondary N) is 1. The molecule has 0 spiro atoms. The zero-order chi connectivity index (χ0) is 24.9. The fraction of sp³-hybridized carbons (Fsp3) is 0.222. The average Bonchev–Trinajstić information content (AvgIpc) is 3.32. The topological polar surface area (TPSA) is 96.2 Å². The molecule has 0 atom stereocenters. The van der Waals surface area contributed by atoms with Crippen molar-refractivity contribution in [1.82, 2.24) is 24.6 Å². The highest BCUT2D eigenvalue weighted by Gasteiger charge is 2.22. The lowest BCUT2D eigenvalue weighted by Gasteiger charge is -2.34. The molecule has 2 aromatic carbocycles. The molecule has 1 aliphatic rings. The van der Waals surface area contributed by atoms with Crippen molar-refractivity contribution in [3.05, 3.63) is 96.1 Å². The van der Waals surface area contributed by atoms with Crippen LogP contribution in [0.5, 0.6) is 0 Å². The van der Waals surface area contributed by atoms with E-state index in [9.17, 15) is 9.59 Å². The molecular formula is C27H27N7O2. The van der Waals surface area contributed by atoms with Crippen LogP contribution in [0, 0.1) is 6.92 Å². The second-order valence-electron chi connectivity index (χ2n) is 8.64. The van der Waals surface area contributed by atoms with E-state index < -0.39 is 0 Å². The third-order valence-electron chi connectivity index (χ3n) is 6.29. The van der Waals surface area contributed by atoms with Gasteiger partial charge in [0.15, 0.2) is 0 Å². The Morgan fingerprint density at radius 2 is 1.58 bits per heavy atom. The number of anilines is 2. The summed E-state index contributed by atoms with van der Waals surface area (Å²) < 4.78 is 1.75. The number of aromatic nitrogens is 4. The second-order valence-corrected chi connectivity index (χ2v) is 8.64. The van der Waals surface area contributed by atoms with E-state index in [2.05, 4.69) is 25.3 Å². The monoisotopic (exact) mass is 481 g/mol. The van der Waals surface area contributed by atoms with Gasteiger partial charge >= 0.3 is 0 Å². The third kappa shape index (κ3) is 5.10. The minimum absolute atomic E-state index is 0.0874. The molecule has 2 aromatic heterocycles. The summed E-state index contributed by atoms with van der Waals surface area (Å²) >= 11 is 0. The van der Waals surface area contributed by atoms with Crippen molar-refractivity contribution in [2.75, 3.05) is 36.4 Å². The zero-order valence-electron chi connectivity index (χ0n) is 20.0. The van der Waals surface area contributed by atoms with Gasteiger partial charge in [0, 0.05) is 44.3 Å². The molecule has 1 aliphatic heterocycles. The van der Waals surface area contributed by atoms with Crippen LogP contribution < -0.4 is 10.2 Å². The minimum atomic E-state index is -0.223. The third-order valence-corrected chi connectivity index (χ3v) is 6.29. The number of rotatable bonds is 6. The molecule has 0 aliphatic carbocycles. The summed E-state index contributed by atoms with van der Waals surface area (Å²) in [6.07, 6.45) is 5.35. The summed E-state index contributed by atoms with van der Waals surface area (Å²) in [6.45, 7) is 4.57. The van der Waals surface area contributed by atoms with Crippen molar-refractivity contribution in [2.45, 2.75) is 13.3 Å². The fourth-order valence-corrected chi connectivity index (χ4v) is 4.26. The maximum Gasteiger partial charge on any atom is 0.259 e. The van der Waals surface area contributed by atoms with Crippen LogP contribution in [0.2, 0.25) is 0 Å². The van der Waals surface area contributed by atoms with Gasteiger partial charge in [-0.15, -0.1) is 0 Å². The molecule has 0 unspecified atom stereocenters. The molecule has 1 saturated heterocycles. The van der Waals surface area contributed by atoms with Gasteiger partial charge in [0.25, 0.3) is 5.91 Å². The van der Waals surface area contributed by atoms with Crippen LogP contribution in [0.4, 0.5) is 11.6 Å². The van der Waals surface area contributed by atoms with Crippen LogP contribution in [-0.4, -0.2) is 62.6 Å². The lowest BCUT2D eigenvalue weighted by atomic mass is 10.1. The Hall–Kier alpha value is -4.53. The highest BCUT2D eigenvalue weighted by Crippen LogP contribution is 2.17. The summed E-state index contributed by atoms with van der Waals surface area (Å²) in [5.74, 6) is 0.563. The molecule has 182 valence electrons. The summed E-state index contributed by atoms with van der Waals surface area (Å²) in [5, 5.41) is 7.29. The number of hydrogen-bond donors (Lipinski definition) is 1. The molecule has 0 saturated carbocycles. The van der Waals surface area contributed by atoms with Gasteiger partial charge in [0.2, 0.25) is 11.9 Å². The quantitative estimate of drug-likeness (QED) is 0.455. The molecule has 9 heteroatoms. The van der Waals surface area contributed by atoms with Gasteiger partial charge in [-0.1, -0.05) is 30.3 Å². The lowest BCUT2D eigenvalue weighted by Crippen LogP contribution is -2.49. The predicted octanol–water partition coefficient (Wildman–Crippen LogP) is 3.11. The molecule has 4 aromatic rings. The number of piperazine rings is 1. The van der Waals surface area contributed by atoms with Gasteiger partial charge in [-0.2, -0.15) is 5.10 Å². The van der Waals surface area contributed by atoms with E-state index in [1.54, 1.807) is 29.3 Å². The maximum atomic E-state index is 12.8. The van der Waals surface area contributed by atoms with Gasteiger partial charge in [-0.05, 0) is 42.8 Å². The van der Waals surface area contributed by atoms with E-state index in [1.165, 1.54) is 0 Å². The number of amides is 2. The first kappa shape index (κ1) is 23.2. The van der Waals surface area contributed by atoms with E-state index in [1.807, 2.05) is 66.4 Å². The Bertz CT molecular complexity index is 1330. The van der Waals surface area contributed by atoms with Crippen LogP contribution in [0.25, 0.3) is 5.69 Å². The Kier molecular flexibility index (Phi) is 6.70. The number of hydrogen-bond acceptors (Lipinski definition) is 6. The van der Waals surface area contributed by atoms with Crippen LogP contribution in [0.1, 0.15) is 21.6 Å². The van der Waals surface area contributed by atoms with Crippen molar-refractivity contribution >= 4 is 23.5 Å². The van der Waals surface area contributed by atoms with Gasteiger partial charge < -0.3 is 15.1 Å². The summed E-state index contributed by atoms with van der Waals surface area (Å²) in [4.78, 5) is 38.2. The number of para-hydroxylation sites is 1. The highest BCUT2D eigenvalue weighted by molar-refractivity contribution is 6.05. The largest absolute Gasteiger partial charge is 0.339 e. The van der Waals surface area contributed by atoms with E-state index >= 15 is 0 Å². The second kappa shape index (κ2) is 10.4. The smallest absolute Gasteiger partial charge is 0.259 e. The van der Waals surface area contributed by atoms with Crippen molar-refractivity contribution in [3.63, 3.8) is 0 Å². The molecule has 0 bridgehead atoms. The summed E-state index contributed by atoms with van der Waals surface area (Å²) in [6, 6.07) is 18.9. The normalized spacial score (nSPS) is 13.5. The first-order chi connectivity index (χ1) is 17.6. The van der Waals surface area contributed by atoms with Crippen molar-refractivity contribution < 1.29 is 9.59 Å². The molecule has 2 amide bonds. The van der Waals surface area contributed by atoms with Gasteiger partial charge in [-0.3, -0.25) is 9.59 Å². The highest BCUT2D eigenvalue weighted by atomic mass is 16.2. The molecular weight excluding hydrogens is 454 g/mol. The Labute approximate surface area is 209 Å². The first-order valence-corrected chi connectivity index (χ1v) is 11.9. The minimum Gasteiger partial charge on any atom is -0.339 e. The zero-order valence-corrected chi connectivity index (χ0v) is 20.0. The Morgan fingerprint density at radius 1 is 0.889 bits per heavy atom. The molecule has 9 nitrogen and oxygen atoms in total. The van der Waals surface area contributed by atoms with Crippen LogP contribution in [0.15, 0.2) is 79.3 Å². The van der Waals surface area contributed by atoms with Crippen LogP contribution >= 0.6 is 0 Å². The van der Waals surface area contributed by atoms with E-state index in [-0.39, 0.29) is 11.8 Å². The number of carbonyl (C=O) groups excluding carboxylic acids is 2. The summed E-state index contributed by atoms with van der Waals surface area (Å²) in [5.41, 5.74) is 3.75. The van der Waals surface area contributed by atoms with E-state index in [0.717, 1.165) is 16.9 Å². The number of carbonyl (C=O) groups is 2. The van der Waals surface area contributed by atoms with Gasteiger partial charge in [0.05, 0.1) is 29.6 Å². The van der Waals surface area contributed by atoms with E-state index in [0.29, 0.717) is 49.8 Å². The molecule has 5 rings (SSSR count). The fourth-order valence-electron chi connectivity index (χ4n) is 4.26. The van der Waals surface area contributed by atoms with E-state index in [4.69, 9.17) is 0 Å². The molecule has 1 N–H and O–H groups in total. The molecule has 1 fully saturated rings. The molecule has 0 radical (unpaired) electrons. The first-order valence-electron chi connectivity index (χ1n) is 11.9. The average molecular weight is 482 g/mol. The van der Waals surface area contributed by atoms with Gasteiger partial charge in [-0.25, -0.2) is 14.6 Å². The number of nitrogens with zero attached hydrogens (tertiary/aromatic N) is 6. The SMILES string of the molecule is Cc1c(C(=O)Nc2ccc(CC(=O)N3CCN(c4ncccn4)CC3)cc2)cnn1-c1ccccc1. The Morgan fingerprint density at radius 3 is 2.28 bits per heavy atom. The Balaban J connectivity index is 1.15. The predicted molar refractivity (Wildman–Crippen MR) is 137 cm³/mol.